The smallest absolute Gasteiger partial charge is 0.202 e. The molecule has 5 heteroatoms. The Balaban J connectivity index is 1.52. The van der Waals surface area contributed by atoms with E-state index in [2.05, 4.69) is 121 Å². The molecule has 2 aromatic carbocycles. The highest BCUT2D eigenvalue weighted by Crippen LogP contribution is 2.66. The molecule has 4 aliphatic rings. The lowest BCUT2D eigenvalue weighted by Crippen LogP contribution is -2.32. The van der Waals surface area contributed by atoms with Gasteiger partial charge in [-0.2, -0.15) is 0 Å². The molecule has 0 saturated heterocycles. The average Bonchev–Trinajstić information content (AvgIpc) is 3.47. The second kappa shape index (κ2) is 10.2. The van der Waals surface area contributed by atoms with E-state index in [0.717, 1.165) is 35.2 Å². The lowest BCUT2D eigenvalue weighted by atomic mass is 9.88. The number of fused-ring (bicyclic) bond motifs is 2. The fraction of sp³-hybridized carbons (Fsp3) is 0.200. The van der Waals surface area contributed by atoms with Crippen LogP contribution in [0.15, 0.2) is 133 Å². The summed E-state index contributed by atoms with van der Waals surface area (Å²) in [6, 6.07) is 18.7. The summed E-state index contributed by atoms with van der Waals surface area (Å²) in [5.74, 6) is 1.14. The van der Waals surface area contributed by atoms with Gasteiger partial charge in [0.25, 0.3) is 0 Å². The van der Waals surface area contributed by atoms with Gasteiger partial charge >= 0.3 is 0 Å². The van der Waals surface area contributed by atoms with Gasteiger partial charge in [0, 0.05) is 22.8 Å². The summed E-state index contributed by atoms with van der Waals surface area (Å²) in [5.41, 5.74) is 4.72. The van der Waals surface area contributed by atoms with Crippen LogP contribution in [0.4, 0.5) is 0 Å². The molecule has 40 heavy (non-hydrogen) atoms. The van der Waals surface area contributed by atoms with Crippen molar-refractivity contribution in [3.05, 3.63) is 150 Å². The van der Waals surface area contributed by atoms with Crippen LogP contribution in [0.5, 0.6) is 0 Å². The van der Waals surface area contributed by atoms with Gasteiger partial charge in [-0.25, -0.2) is 0 Å². The number of para-hydroxylation sites is 1. The van der Waals surface area contributed by atoms with Gasteiger partial charge in [0.1, 0.15) is 5.82 Å². The van der Waals surface area contributed by atoms with Gasteiger partial charge in [-0.1, -0.05) is 122 Å². The van der Waals surface area contributed by atoms with Crippen molar-refractivity contribution in [2.24, 2.45) is 11.8 Å². The number of aromatic nitrogens is 3. The molecule has 1 aromatic heterocycles. The molecular formula is C35H32N3OP. The van der Waals surface area contributed by atoms with Gasteiger partial charge in [0.2, 0.25) is 5.57 Å². The first-order valence-electron chi connectivity index (χ1n) is 14.1. The molecule has 7 rings (SSSR count). The molecule has 0 bridgehead atoms. The Morgan fingerprint density at radius 1 is 0.875 bits per heavy atom. The van der Waals surface area contributed by atoms with E-state index in [1.807, 2.05) is 18.2 Å². The van der Waals surface area contributed by atoms with Gasteiger partial charge in [-0.3, -0.25) is 4.57 Å². The topological polar surface area (TPSA) is 47.8 Å². The normalized spacial score (nSPS) is 26.0. The Morgan fingerprint density at radius 3 is 2.55 bits per heavy atom. The summed E-state index contributed by atoms with van der Waals surface area (Å²) < 4.78 is 18.5. The largest absolute Gasteiger partial charge is 0.310 e. The molecule has 0 fully saturated rings. The molecule has 4 unspecified atom stereocenters. The number of allylic oxidation sites excluding steroid dienone is 13. The standard InChI is InChI=1S/C35H32N3OP/c1-25-23-28-16-9-11-21-31(28)33(24-25)40(39,32-22-12-17-26-13-8-10-20-30(26)32)35-37-36-34(27-14-4-2-5-15-27)38(35)29-18-6-3-7-19-29/h2-14,16-22,24-25,27,30,32H,15,23H2,1H3/t25?,27?,30?,32-,40?/m0/s1. The van der Waals surface area contributed by atoms with Crippen molar-refractivity contribution in [2.75, 3.05) is 0 Å². The minimum Gasteiger partial charge on any atom is -0.310 e. The number of hydrogen-bond donors (Lipinski definition) is 0. The summed E-state index contributed by atoms with van der Waals surface area (Å²) in [6.07, 6.45) is 27.3. The lowest BCUT2D eigenvalue weighted by Gasteiger charge is -2.37. The Hall–Kier alpha value is -4.01. The maximum absolute atomic E-state index is 16.4. The average molecular weight is 542 g/mol. The third-order valence-corrected chi connectivity index (χ3v) is 11.7. The second-order valence-corrected chi connectivity index (χ2v) is 13.8. The number of benzene rings is 2. The van der Waals surface area contributed by atoms with Crippen LogP contribution in [0.2, 0.25) is 0 Å². The van der Waals surface area contributed by atoms with Crippen LogP contribution in [0, 0.1) is 11.8 Å². The number of hydrogen-bond acceptors (Lipinski definition) is 3. The Kier molecular flexibility index (Phi) is 6.37. The van der Waals surface area contributed by atoms with Gasteiger partial charge in [0.05, 0.1) is 5.66 Å². The van der Waals surface area contributed by atoms with E-state index in [4.69, 9.17) is 10.2 Å². The summed E-state index contributed by atoms with van der Waals surface area (Å²) in [4.78, 5) is 0. The summed E-state index contributed by atoms with van der Waals surface area (Å²) in [6.45, 7) is 2.22. The molecule has 5 atom stereocenters. The third-order valence-electron chi connectivity index (χ3n) is 8.42. The van der Waals surface area contributed by atoms with Crippen LogP contribution in [0.1, 0.15) is 36.2 Å². The second-order valence-electron chi connectivity index (χ2n) is 11.0. The molecule has 3 aromatic rings. The van der Waals surface area contributed by atoms with Gasteiger partial charge < -0.3 is 4.57 Å². The highest BCUT2D eigenvalue weighted by atomic mass is 31.2. The van der Waals surface area contributed by atoms with E-state index in [1.54, 1.807) is 0 Å². The van der Waals surface area contributed by atoms with Crippen molar-refractivity contribution in [3.8, 4) is 5.69 Å². The minimum absolute atomic E-state index is 0.00647. The monoisotopic (exact) mass is 541 g/mol. The van der Waals surface area contributed by atoms with Gasteiger partial charge in [0.15, 0.2) is 7.14 Å². The molecule has 4 nitrogen and oxygen atoms in total. The Bertz CT molecular complexity index is 1720. The zero-order valence-electron chi connectivity index (χ0n) is 22.5. The van der Waals surface area contributed by atoms with Gasteiger partial charge in [-0.15, -0.1) is 10.2 Å². The van der Waals surface area contributed by atoms with E-state index in [1.165, 1.54) is 11.1 Å². The highest BCUT2D eigenvalue weighted by molar-refractivity contribution is 7.81. The van der Waals surface area contributed by atoms with Crippen molar-refractivity contribution in [1.82, 2.24) is 14.8 Å². The van der Waals surface area contributed by atoms with Crippen LogP contribution in [-0.4, -0.2) is 20.4 Å². The molecule has 0 amide bonds. The van der Waals surface area contributed by atoms with Crippen LogP contribution >= 0.6 is 7.14 Å². The summed E-state index contributed by atoms with van der Waals surface area (Å²) in [5, 5.41) is 10.6. The molecule has 1 heterocycles. The molecule has 198 valence electrons. The lowest BCUT2D eigenvalue weighted by molar-refractivity contribution is 0.572. The minimum atomic E-state index is -3.42. The fourth-order valence-corrected chi connectivity index (χ4v) is 10.2. The Labute approximate surface area is 235 Å². The molecule has 0 N–H and O–H groups in total. The summed E-state index contributed by atoms with van der Waals surface area (Å²) >= 11 is 0. The molecule has 0 spiro atoms. The number of rotatable bonds is 5. The highest BCUT2D eigenvalue weighted by Gasteiger charge is 2.48. The van der Waals surface area contributed by atoms with E-state index >= 15 is 4.57 Å². The first-order chi connectivity index (χ1) is 19.6. The molecule has 0 aliphatic heterocycles. The zero-order valence-corrected chi connectivity index (χ0v) is 23.4. The molecular weight excluding hydrogens is 509 g/mol. The zero-order chi connectivity index (χ0) is 27.1. The maximum Gasteiger partial charge on any atom is 0.202 e. The van der Waals surface area contributed by atoms with E-state index in [-0.39, 0.29) is 23.4 Å². The van der Waals surface area contributed by atoms with Crippen LogP contribution in [-0.2, 0) is 11.0 Å². The summed E-state index contributed by atoms with van der Waals surface area (Å²) in [7, 11) is -3.42. The van der Waals surface area contributed by atoms with Crippen molar-refractivity contribution >= 4 is 18.0 Å². The van der Waals surface area contributed by atoms with Crippen LogP contribution in [0.3, 0.4) is 0 Å². The SMILES string of the molecule is CC1C=C(P(=O)(c2nnc(C3C=CC=CC3)n2-c2ccccc2)[C@H]2C=CC=C3C=CC=CC32)c2ccccc2C1. The quantitative estimate of drug-likeness (QED) is 0.311. The first kappa shape index (κ1) is 25.0. The van der Waals surface area contributed by atoms with Crippen molar-refractivity contribution < 1.29 is 4.57 Å². The molecule has 0 saturated carbocycles. The van der Waals surface area contributed by atoms with Crippen LogP contribution in [0.25, 0.3) is 11.0 Å². The molecule has 0 radical (unpaired) electrons. The molecule has 4 aliphatic carbocycles. The predicted octanol–water partition coefficient (Wildman–Crippen LogP) is 7.70. The van der Waals surface area contributed by atoms with E-state index < -0.39 is 7.14 Å². The van der Waals surface area contributed by atoms with E-state index in [9.17, 15) is 0 Å². The maximum atomic E-state index is 16.4. The number of nitrogens with zero attached hydrogens (tertiary/aromatic N) is 3. The first-order valence-corrected chi connectivity index (χ1v) is 15.9. The van der Waals surface area contributed by atoms with Crippen LogP contribution < -0.4 is 5.57 Å². The predicted molar refractivity (Wildman–Crippen MR) is 164 cm³/mol. The van der Waals surface area contributed by atoms with E-state index in [0.29, 0.717) is 5.57 Å². The third kappa shape index (κ3) is 4.10. The van der Waals surface area contributed by atoms with Crippen molar-refractivity contribution in [1.29, 1.82) is 0 Å². The van der Waals surface area contributed by atoms with Crippen molar-refractivity contribution in [2.45, 2.75) is 31.3 Å². The Morgan fingerprint density at radius 2 is 1.70 bits per heavy atom. The van der Waals surface area contributed by atoms with Crippen molar-refractivity contribution in [3.63, 3.8) is 0 Å². The fourth-order valence-electron chi connectivity index (χ4n) is 6.54. The van der Waals surface area contributed by atoms with Gasteiger partial charge in [-0.05, 0) is 47.6 Å².